The van der Waals surface area contributed by atoms with Crippen LogP contribution in [0.15, 0.2) is 59.8 Å². The topological polar surface area (TPSA) is 62.3 Å². The first-order valence-electron chi connectivity index (χ1n) is 6.88. The van der Waals surface area contributed by atoms with Gasteiger partial charge in [-0.15, -0.1) is 0 Å². The van der Waals surface area contributed by atoms with Crippen LogP contribution in [-0.2, 0) is 10.0 Å². The van der Waals surface area contributed by atoms with E-state index in [2.05, 4.69) is 10.3 Å². The maximum Gasteiger partial charge on any atom is 0.243 e. The number of nitrogens with zero attached hydrogens (tertiary/aromatic N) is 2. The molecule has 1 unspecified atom stereocenters. The van der Waals surface area contributed by atoms with Crippen molar-refractivity contribution in [2.75, 3.05) is 18.4 Å². The molecule has 0 bridgehead atoms. The van der Waals surface area contributed by atoms with E-state index >= 15 is 0 Å². The molecule has 0 aliphatic carbocycles. The van der Waals surface area contributed by atoms with E-state index in [-0.39, 0.29) is 6.04 Å². The van der Waals surface area contributed by atoms with Crippen molar-refractivity contribution in [3.63, 3.8) is 0 Å². The molecule has 6 heteroatoms. The third-order valence-corrected chi connectivity index (χ3v) is 5.44. The van der Waals surface area contributed by atoms with Gasteiger partial charge in [0.1, 0.15) is 0 Å². The first-order chi connectivity index (χ1) is 10.2. The summed E-state index contributed by atoms with van der Waals surface area (Å²) in [4.78, 5) is 4.40. The molecule has 1 aliphatic rings. The van der Waals surface area contributed by atoms with Gasteiger partial charge in [0.25, 0.3) is 0 Å². The Morgan fingerprint density at radius 2 is 1.95 bits per heavy atom. The summed E-state index contributed by atoms with van der Waals surface area (Å²) >= 11 is 0. The fourth-order valence-electron chi connectivity index (χ4n) is 2.49. The molecule has 5 nitrogen and oxygen atoms in total. The molecule has 21 heavy (non-hydrogen) atoms. The SMILES string of the molecule is O=S(=O)(c1ccccc1)N1CCC(Nc2cccnc2)C1. The van der Waals surface area contributed by atoms with Crippen LogP contribution in [0.4, 0.5) is 5.69 Å². The molecule has 2 aromatic rings. The molecule has 1 atom stereocenters. The van der Waals surface area contributed by atoms with Gasteiger partial charge in [-0.05, 0) is 30.7 Å². The average molecular weight is 303 g/mol. The van der Waals surface area contributed by atoms with Crippen LogP contribution in [0, 0.1) is 0 Å². The lowest BCUT2D eigenvalue weighted by molar-refractivity contribution is 0.474. The largest absolute Gasteiger partial charge is 0.380 e. The third kappa shape index (κ3) is 3.06. The quantitative estimate of drug-likeness (QED) is 0.938. The van der Waals surface area contributed by atoms with Crippen molar-refractivity contribution in [2.24, 2.45) is 0 Å². The summed E-state index contributed by atoms with van der Waals surface area (Å²) in [6.07, 6.45) is 4.25. The normalized spacial score (nSPS) is 19.5. The lowest BCUT2D eigenvalue weighted by atomic mass is 10.2. The van der Waals surface area contributed by atoms with Gasteiger partial charge >= 0.3 is 0 Å². The molecule has 1 N–H and O–H groups in total. The van der Waals surface area contributed by atoms with Crippen LogP contribution in [0.2, 0.25) is 0 Å². The van der Waals surface area contributed by atoms with E-state index in [1.54, 1.807) is 36.7 Å². The van der Waals surface area contributed by atoms with E-state index in [9.17, 15) is 8.42 Å². The number of benzene rings is 1. The molecule has 1 aliphatic heterocycles. The van der Waals surface area contributed by atoms with Crippen LogP contribution in [0.3, 0.4) is 0 Å². The number of nitrogens with one attached hydrogen (secondary N) is 1. The molecule has 2 heterocycles. The Morgan fingerprint density at radius 3 is 2.67 bits per heavy atom. The second-order valence-corrected chi connectivity index (χ2v) is 6.99. The lowest BCUT2D eigenvalue weighted by Crippen LogP contribution is -2.31. The van der Waals surface area contributed by atoms with E-state index in [4.69, 9.17) is 0 Å². The minimum Gasteiger partial charge on any atom is -0.380 e. The van der Waals surface area contributed by atoms with Crippen LogP contribution in [0.1, 0.15) is 6.42 Å². The zero-order valence-corrected chi connectivity index (χ0v) is 12.3. The predicted molar refractivity (Wildman–Crippen MR) is 81.5 cm³/mol. The predicted octanol–water partition coefficient (Wildman–Crippen LogP) is 1.96. The molecular formula is C15H17N3O2S. The van der Waals surface area contributed by atoms with Gasteiger partial charge in [0.15, 0.2) is 0 Å². The summed E-state index contributed by atoms with van der Waals surface area (Å²) < 4.78 is 26.6. The number of hydrogen-bond donors (Lipinski definition) is 1. The van der Waals surface area contributed by atoms with Crippen molar-refractivity contribution < 1.29 is 8.42 Å². The van der Waals surface area contributed by atoms with Crippen LogP contribution < -0.4 is 5.32 Å². The van der Waals surface area contributed by atoms with Gasteiger partial charge in [0.2, 0.25) is 10.0 Å². The molecular weight excluding hydrogens is 286 g/mol. The maximum atomic E-state index is 12.5. The fourth-order valence-corrected chi connectivity index (χ4v) is 4.01. The van der Waals surface area contributed by atoms with Gasteiger partial charge in [-0.25, -0.2) is 8.42 Å². The molecule has 0 spiro atoms. The molecule has 0 amide bonds. The van der Waals surface area contributed by atoms with Gasteiger partial charge in [-0.1, -0.05) is 18.2 Å². The van der Waals surface area contributed by atoms with E-state index in [1.807, 2.05) is 18.2 Å². The molecule has 1 aromatic heterocycles. The second-order valence-electron chi connectivity index (χ2n) is 5.05. The summed E-state index contributed by atoms with van der Waals surface area (Å²) in [5.74, 6) is 0. The zero-order valence-electron chi connectivity index (χ0n) is 11.5. The molecule has 1 fully saturated rings. The fraction of sp³-hybridized carbons (Fsp3) is 0.267. The molecule has 110 valence electrons. The lowest BCUT2D eigenvalue weighted by Gasteiger charge is -2.17. The van der Waals surface area contributed by atoms with Crippen molar-refractivity contribution in [3.05, 3.63) is 54.9 Å². The van der Waals surface area contributed by atoms with Crippen LogP contribution in [0.5, 0.6) is 0 Å². The van der Waals surface area contributed by atoms with Gasteiger partial charge < -0.3 is 5.32 Å². The Hall–Kier alpha value is -1.92. The molecule has 0 saturated carbocycles. The van der Waals surface area contributed by atoms with Crippen LogP contribution >= 0.6 is 0 Å². The highest BCUT2D eigenvalue weighted by atomic mass is 32.2. The van der Waals surface area contributed by atoms with Crippen LogP contribution in [0.25, 0.3) is 0 Å². The molecule has 0 radical (unpaired) electrons. The monoisotopic (exact) mass is 303 g/mol. The van der Waals surface area contributed by atoms with Gasteiger partial charge in [-0.2, -0.15) is 4.31 Å². The number of anilines is 1. The summed E-state index contributed by atoms with van der Waals surface area (Å²) in [7, 11) is -3.39. The Labute approximate surface area is 124 Å². The number of hydrogen-bond acceptors (Lipinski definition) is 4. The van der Waals surface area contributed by atoms with Crippen molar-refractivity contribution in [2.45, 2.75) is 17.4 Å². The highest BCUT2D eigenvalue weighted by Crippen LogP contribution is 2.22. The summed E-state index contributed by atoms with van der Waals surface area (Å²) in [5, 5.41) is 3.33. The van der Waals surface area contributed by atoms with E-state index in [0.29, 0.717) is 18.0 Å². The average Bonchev–Trinajstić information content (AvgIpc) is 2.98. The molecule has 1 saturated heterocycles. The number of sulfonamides is 1. The Kier molecular flexibility index (Phi) is 3.90. The number of aromatic nitrogens is 1. The zero-order chi connectivity index (χ0) is 14.7. The first-order valence-corrected chi connectivity index (χ1v) is 8.32. The van der Waals surface area contributed by atoms with E-state index in [1.165, 1.54) is 4.31 Å². The van der Waals surface area contributed by atoms with Gasteiger partial charge in [-0.3, -0.25) is 4.98 Å². The molecule has 1 aromatic carbocycles. The standard InChI is InChI=1S/C15H17N3O2S/c19-21(20,15-6-2-1-3-7-15)18-10-8-14(12-18)17-13-5-4-9-16-11-13/h1-7,9,11,14,17H,8,10,12H2. The smallest absolute Gasteiger partial charge is 0.243 e. The molecule has 3 rings (SSSR count). The summed E-state index contributed by atoms with van der Waals surface area (Å²) in [5.41, 5.74) is 0.918. The maximum absolute atomic E-state index is 12.5. The minimum absolute atomic E-state index is 0.118. The summed E-state index contributed by atoms with van der Waals surface area (Å²) in [6.45, 7) is 1.02. The Balaban J connectivity index is 1.70. The van der Waals surface area contributed by atoms with Gasteiger partial charge in [0, 0.05) is 31.5 Å². The number of pyridine rings is 1. The number of rotatable bonds is 4. The van der Waals surface area contributed by atoms with Crippen molar-refractivity contribution in [1.82, 2.24) is 9.29 Å². The first kappa shape index (κ1) is 14.0. The minimum atomic E-state index is -3.39. The van der Waals surface area contributed by atoms with Crippen molar-refractivity contribution in [1.29, 1.82) is 0 Å². The van der Waals surface area contributed by atoms with E-state index < -0.39 is 10.0 Å². The van der Waals surface area contributed by atoms with Gasteiger partial charge in [0.05, 0.1) is 10.6 Å². The summed E-state index contributed by atoms with van der Waals surface area (Å²) in [6, 6.07) is 12.5. The Bertz CT molecular complexity index is 689. The third-order valence-electron chi connectivity index (χ3n) is 3.56. The Morgan fingerprint density at radius 1 is 1.14 bits per heavy atom. The van der Waals surface area contributed by atoms with E-state index in [0.717, 1.165) is 12.1 Å². The van der Waals surface area contributed by atoms with Crippen LogP contribution in [-0.4, -0.2) is 36.8 Å². The highest BCUT2D eigenvalue weighted by molar-refractivity contribution is 7.89. The second kappa shape index (κ2) is 5.83. The highest BCUT2D eigenvalue weighted by Gasteiger charge is 2.32. The van der Waals surface area contributed by atoms with Crippen molar-refractivity contribution >= 4 is 15.7 Å². The van der Waals surface area contributed by atoms with Crippen molar-refractivity contribution in [3.8, 4) is 0 Å².